The van der Waals surface area contributed by atoms with E-state index in [1.165, 1.54) is 6.42 Å². The molecule has 6 heteroatoms. The summed E-state index contributed by atoms with van der Waals surface area (Å²) in [7, 11) is 0. The van der Waals surface area contributed by atoms with Gasteiger partial charge in [0.25, 0.3) is 0 Å². The summed E-state index contributed by atoms with van der Waals surface area (Å²) in [4.78, 5) is 31.6. The lowest BCUT2D eigenvalue weighted by molar-refractivity contribution is -0.161. The lowest BCUT2D eigenvalue weighted by atomic mass is 9.90. The van der Waals surface area contributed by atoms with E-state index in [1.807, 2.05) is 17.0 Å². The van der Waals surface area contributed by atoms with Crippen molar-refractivity contribution in [2.75, 3.05) is 6.61 Å². The minimum atomic E-state index is -0.547. The summed E-state index contributed by atoms with van der Waals surface area (Å²) in [6, 6.07) is 3.26. The lowest BCUT2D eigenvalue weighted by Crippen LogP contribution is -2.56. The Labute approximate surface area is 147 Å². The molecule has 25 heavy (non-hydrogen) atoms. The van der Waals surface area contributed by atoms with Gasteiger partial charge in [-0.05, 0) is 50.2 Å². The Balaban J connectivity index is 1.49. The van der Waals surface area contributed by atoms with Crippen molar-refractivity contribution in [2.45, 2.75) is 63.3 Å². The van der Waals surface area contributed by atoms with Crippen molar-refractivity contribution in [3.05, 3.63) is 30.1 Å². The van der Waals surface area contributed by atoms with E-state index in [2.05, 4.69) is 10.3 Å². The summed E-state index contributed by atoms with van der Waals surface area (Å²) in [5.41, 5.74) is 0.399. The Bertz CT molecular complexity index is 639. The normalized spacial score (nSPS) is 25.1. The Hall–Kier alpha value is -1.95. The van der Waals surface area contributed by atoms with Gasteiger partial charge in [0.05, 0.1) is 6.61 Å². The number of rotatable bonds is 4. The van der Waals surface area contributed by atoms with Gasteiger partial charge in [0.15, 0.2) is 0 Å². The first-order chi connectivity index (χ1) is 12.2. The first-order valence-corrected chi connectivity index (χ1v) is 9.33. The molecule has 1 aromatic rings. The van der Waals surface area contributed by atoms with E-state index in [-0.39, 0.29) is 17.7 Å². The largest absolute Gasteiger partial charge is 0.353 e. The fraction of sp³-hybridized carbons (Fsp3) is 0.632. The number of nitrogens with one attached hydrogen (secondary N) is 1. The monoisotopic (exact) mass is 343 g/mol. The number of hydrogen-bond donors (Lipinski definition) is 1. The molecule has 0 bridgehead atoms. The third kappa shape index (κ3) is 3.27. The van der Waals surface area contributed by atoms with Crippen LogP contribution in [-0.4, -0.2) is 40.1 Å². The molecule has 1 atom stereocenters. The van der Waals surface area contributed by atoms with Gasteiger partial charge in [-0.3, -0.25) is 19.5 Å². The molecule has 6 nitrogen and oxygen atoms in total. The van der Waals surface area contributed by atoms with E-state index >= 15 is 0 Å². The Morgan fingerprint density at radius 3 is 2.76 bits per heavy atom. The molecule has 4 rings (SSSR count). The number of hydrogen-bond acceptors (Lipinski definition) is 4. The second-order valence-corrected chi connectivity index (χ2v) is 7.40. The molecule has 3 aliphatic rings. The van der Waals surface area contributed by atoms with Gasteiger partial charge in [-0.25, -0.2) is 0 Å². The third-order valence-corrected chi connectivity index (χ3v) is 5.55. The predicted octanol–water partition coefficient (Wildman–Crippen LogP) is 2.00. The average molecular weight is 343 g/mol. The number of carbonyl (C=O) groups excluding carboxylic acids is 2. The number of pyridine rings is 1. The van der Waals surface area contributed by atoms with Gasteiger partial charge in [0, 0.05) is 24.9 Å². The molecule has 1 aliphatic heterocycles. The minimum absolute atomic E-state index is 0.0918. The molecule has 0 radical (unpaired) electrons. The fourth-order valence-corrected chi connectivity index (χ4v) is 4.04. The van der Waals surface area contributed by atoms with Gasteiger partial charge in [-0.1, -0.05) is 12.5 Å². The van der Waals surface area contributed by atoms with Crippen LogP contribution in [0.4, 0.5) is 0 Å². The quantitative estimate of drug-likeness (QED) is 0.908. The van der Waals surface area contributed by atoms with Gasteiger partial charge in [-0.15, -0.1) is 0 Å². The maximum Gasteiger partial charge on any atom is 0.245 e. The summed E-state index contributed by atoms with van der Waals surface area (Å²) >= 11 is 0. The molecule has 1 unspecified atom stereocenters. The van der Waals surface area contributed by atoms with E-state index < -0.39 is 11.8 Å². The van der Waals surface area contributed by atoms with Crippen molar-refractivity contribution in [1.82, 2.24) is 15.2 Å². The lowest BCUT2D eigenvalue weighted by Gasteiger charge is -2.41. The van der Waals surface area contributed by atoms with Gasteiger partial charge in [0.2, 0.25) is 11.8 Å². The number of nitrogens with zero attached hydrogens (tertiary/aromatic N) is 2. The summed E-state index contributed by atoms with van der Waals surface area (Å²) < 4.78 is 6.11. The summed E-state index contributed by atoms with van der Waals surface area (Å²) in [6.07, 6.45) is 10.3. The van der Waals surface area contributed by atoms with Gasteiger partial charge in [0.1, 0.15) is 11.8 Å². The van der Waals surface area contributed by atoms with Crippen LogP contribution in [0.1, 0.15) is 50.5 Å². The van der Waals surface area contributed by atoms with Crippen LogP contribution >= 0.6 is 0 Å². The smallest absolute Gasteiger partial charge is 0.245 e. The van der Waals surface area contributed by atoms with E-state index in [1.54, 1.807) is 12.4 Å². The van der Waals surface area contributed by atoms with E-state index in [9.17, 15) is 9.59 Å². The zero-order valence-electron chi connectivity index (χ0n) is 14.4. The van der Waals surface area contributed by atoms with Crippen molar-refractivity contribution >= 4 is 11.8 Å². The van der Waals surface area contributed by atoms with Crippen LogP contribution in [0.15, 0.2) is 24.5 Å². The SMILES string of the molecule is O=C(NCc1cccnc1)C1COC2(CCCCC2)N1C(=O)C1CC1. The highest BCUT2D eigenvalue weighted by Crippen LogP contribution is 2.44. The molecule has 3 fully saturated rings. The number of aromatic nitrogens is 1. The zero-order chi connectivity index (χ0) is 17.3. The molecule has 2 heterocycles. The van der Waals surface area contributed by atoms with Crippen LogP contribution in [0.3, 0.4) is 0 Å². The van der Waals surface area contributed by atoms with Crippen LogP contribution in [0.5, 0.6) is 0 Å². The number of carbonyl (C=O) groups is 2. The molecule has 1 aromatic heterocycles. The minimum Gasteiger partial charge on any atom is -0.353 e. The van der Waals surface area contributed by atoms with Gasteiger partial charge in [-0.2, -0.15) is 0 Å². The molecule has 2 saturated carbocycles. The van der Waals surface area contributed by atoms with Crippen molar-refractivity contribution in [1.29, 1.82) is 0 Å². The van der Waals surface area contributed by atoms with Crippen LogP contribution < -0.4 is 5.32 Å². The maximum absolute atomic E-state index is 12.9. The molecule has 1 saturated heterocycles. The van der Waals surface area contributed by atoms with Gasteiger partial charge < -0.3 is 10.1 Å². The second-order valence-electron chi connectivity index (χ2n) is 7.40. The van der Waals surface area contributed by atoms with Crippen LogP contribution in [-0.2, 0) is 20.9 Å². The molecular formula is C19H25N3O3. The van der Waals surface area contributed by atoms with Crippen LogP contribution in [0.2, 0.25) is 0 Å². The highest BCUT2D eigenvalue weighted by atomic mass is 16.5. The highest BCUT2D eigenvalue weighted by Gasteiger charge is 2.54. The number of ether oxygens (including phenoxy) is 1. The average Bonchev–Trinajstić information content (AvgIpc) is 3.44. The van der Waals surface area contributed by atoms with Crippen molar-refractivity contribution < 1.29 is 14.3 Å². The molecule has 0 aromatic carbocycles. The second kappa shape index (κ2) is 6.75. The molecule has 134 valence electrons. The predicted molar refractivity (Wildman–Crippen MR) is 91.2 cm³/mol. The Kier molecular flexibility index (Phi) is 4.46. The van der Waals surface area contributed by atoms with Gasteiger partial charge >= 0.3 is 0 Å². The summed E-state index contributed by atoms with van der Waals surface area (Å²) in [5.74, 6) is 0.0790. The molecule has 1 spiro atoms. The van der Waals surface area contributed by atoms with Crippen LogP contribution in [0, 0.1) is 5.92 Å². The topological polar surface area (TPSA) is 71.5 Å². The summed E-state index contributed by atoms with van der Waals surface area (Å²) in [6.45, 7) is 0.721. The molecular weight excluding hydrogens is 318 g/mol. The van der Waals surface area contributed by atoms with Crippen LogP contribution in [0.25, 0.3) is 0 Å². The first kappa shape index (κ1) is 16.5. The molecule has 1 N–H and O–H groups in total. The highest BCUT2D eigenvalue weighted by molar-refractivity contribution is 5.90. The Morgan fingerprint density at radius 2 is 2.08 bits per heavy atom. The standard InChI is InChI=1S/C19H25N3O3/c23-17(21-12-14-5-4-10-20-11-14)16-13-25-19(8-2-1-3-9-19)22(16)18(24)15-6-7-15/h4-5,10-11,15-16H,1-3,6-9,12-13H2,(H,21,23). The summed E-state index contributed by atoms with van der Waals surface area (Å²) in [5, 5.41) is 2.95. The van der Waals surface area contributed by atoms with E-state index in [0.717, 1.165) is 44.1 Å². The Morgan fingerprint density at radius 1 is 1.28 bits per heavy atom. The molecule has 2 amide bonds. The fourth-order valence-electron chi connectivity index (χ4n) is 4.04. The van der Waals surface area contributed by atoms with Crippen molar-refractivity contribution in [2.24, 2.45) is 5.92 Å². The van der Waals surface area contributed by atoms with Crippen molar-refractivity contribution in [3.8, 4) is 0 Å². The molecule has 2 aliphatic carbocycles. The van der Waals surface area contributed by atoms with Crippen molar-refractivity contribution in [3.63, 3.8) is 0 Å². The third-order valence-electron chi connectivity index (χ3n) is 5.55. The van der Waals surface area contributed by atoms with E-state index in [0.29, 0.717) is 13.2 Å². The van der Waals surface area contributed by atoms with E-state index in [4.69, 9.17) is 4.74 Å². The maximum atomic E-state index is 12.9. The first-order valence-electron chi connectivity index (χ1n) is 9.33. The zero-order valence-corrected chi connectivity index (χ0v) is 14.4. The number of amides is 2.